The van der Waals surface area contributed by atoms with Gasteiger partial charge in [-0.25, -0.2) is 4.79 Å². The highest BCUT2D eigenvalue weighted by molar-refractivity contribution is 6.32. The largest absolute Gasteiger partial charge is 0.416 e. The number of amides is 4. The Bertz CT molecular complexity index is 1090. The van der Waals surface area contributed by atoms with Crippen LogP contribution in [0.1, 0.15) is 22.3 Å². The van der Waals surface area contributed by atoms with E-state index >= 15 is 0 Å². The molecule has 2 aliphatic rings. The Morgan fingerprint density at radius 3 is 2.48 bits per heavy atom. The minimum Gasteiger partial charge on any atom is -0.312 e. The van der Waals surface area contributed by atoms with E-state index in [-0.39, 0.29) is 22.7 Å². The molecular weight excluding hydrogens is 411 g/mol. The summed E-state index contributed by atoms with van der Waals surface area (Å²) in [6.07, 6.45) is -4.53. The summed E-state index contributed by atoms with van der Waals surface area (Å²) in [5.41, 5.74) is -1.58. The maximum Gasteiger partial charge on any atom is 0.416 e. The lowest BCUT2D eigenvalue weighted by Crippen LogP contribution is -2.52. The summed E-state index contributed by atoms with van der Waals surface area (Å²) in [5.74, 6) is -1.62. The second-order valence-electron chi connectivity index (χ2n) is 6.87. The third-order valence-corrected chi connectivity index (χ3v) is 5.19. The average Bonchev–Trinajstić information content (AvgIpc) is 3.04. The highest BCUT2D eigenvalue weighted by Gasteiger charge is 2.61. The maximum absolute atomic E-state index is 13.3. The Morgan fingerprint density at radius 1 is 1.14 bits per heavy atom. The number of nitrogens with zero attached hydrogens (tertiary/aromatic N) is 1. The van der Waals surface area contributed by atoms with Crippen molar-refractivity contribution in [2.24, 2.45) is 0 Å². The van der Waals surface area contributed by atoms with Gasteiger partial charge in [0.2, 0.25) is 5.54 Å². The number of nitrogens with one attached hydrogen (secondary N) is 2. The van der Waals surface area contributed by atoms with Crippen molar-refractivity contribution in [3.63, 3.8) is 0 Å². The van der Waals surface area contributed by atoms with Crippen molar-refractivity contribution in [1.82, 2.24) is 10.6 Å². The van der Waals surface area contributed by atoms with Crippen molar-refractivity contribution >= 4 is 35.1 Å². The van der Waals surface area contributed by atoms with Crippen LogP contribution in [-0.4, -0.2) is 17.8 Å². The van der Waals surface area contributed by atoms with E-state index in [1.807, 2.05) is 5.32 Å². The second kappa shape index (κ2) is 6.21. The van der Waals surface area contributed by atoms with Crippen LogP contribution in [0.25, 0.3) is 0 Å². The highest BCUT2D eigenvalue weighted by atomic mass is 35.5. The van der Waals surface area contributed by atoms with Gasteiger partial charge in [0.1, 0.15) is 0 Å². The third-order valence-electron chi connectivity index (χ3n) is 4.97. The maximum atomic E-state index is 13.3. The second-order valence-corrected chi connectivity index (χ2v) is 7.30. The number of carbonyl (C=O) groups is 3. The number of rotatable bonds is 2. The predicted octanol–water partition coefficient (Wildman–Crippen LogP) is 3.25. The summed E-state index contributed by atoms with van der Waals surface area (Å²) < 4.78 is 39.1. The van der Waals surface area contributed by atoms with Crippen LogP contribution in [-0.2, 0) is 27.8 Å². The van der Waals surface area contributed by atoms with Crippen LogP contribution in [0, 0.1) is 6.92 Å². The van der Waals surface area contributed by atoms with Crippen molar-refractivity contribution < 1.29 is 27.6 Å². The molecule has 0 unspecified atom stereocenters. The molecule has 0 saturated carbocycles. The Balaban J connectivity index is 1.84. The molecule has 0 bridgehead atoms. The monoisotopic (exact) mass is 423 g/mol. The molecule has 150 valence electrons. The zero-order valence-electron chi connectivity index (χ0n) is 14.9. The van der Waals surface area contributed by atoms with E-state index in [1.54, 1.807) is 13.0 Å². The molecule has 4 rings (SSSR count). The molecule has 0 radical (unpaired) electrons. The first kappa shape index (κ1) is 19.3. The van der Waals surface area contributed by atoms with Crippen LogP contribution in [0.2, 0.25) is 5.02 Å². The number of carbonyl (C=O) groups excluding carboxylic acids is 3. The van der Waals surface area contributed by atoms with Gasteiger partial charge >= 0.3 is 12.2 Å². The van der Waals surface area contributed by atoms with Crippen LogP contribution in [0.3, 0.4) is 0 Å². The summed E-state index contributed by atoms with van der Waals surface area (Å²) >= 11 is 6.10. The van der Waals surface area contributed by atoms with E-state index < -0.39 is 35.1 Å². The zero-order valence-corrected chi connectivity index (χ0v) is 15.6. The van der Waals surface area contributed by atoms with Crippen LogP contribution in [0.15, 0.2) is 36.4 Å². The molecule has 2 N–H and O–H groups in total. The Morgan fingerprint density at radius 2 is 1.86 bits per heavy atom. The summed E-state index contributed by atoms with van der Waals surface area (Å²) in [6, 6.07) is 6.70. The number of alkyl halides is 3. The first-order chi connectivity index (χ1) is 13.5. The Kier molecular flexibility index (Phi) is 4.13. The molecule has 1 saturated heterocycles. The van der Waals surface area contributed by atoms with Crippen LogP contribution in [0.4, 0.5) is 23.7 Å². The summed E-state index contributed by atoms with van der Waals surface area (Å²) in [6.45, 7) is 1.44. The van der Waals surface area contributed by atoms with Crippen LogP contribution >= 0.6 is 11.6 Å². The fraction of sp³-hybridized carbons (Fsp3) is 0.211. The number of aryl methyl sites for hydroxylation is 1. The van der Waals surface area contributed by atoms with Crippen molar-refractivity contribution in [3.05, 3.63) is 63.7 Å². The van der Waals surface area contributed by atoms with Gasteiger partial charge in [-0.2, -0.15) is 13.2 Å². The smallest absolute Gasteiger partial charge is 0.312 e. The predicted molar refractivity (Wildman–Crippen MR) is 97.2 cm³/mol. The summed E-state index contributed by atoms with van der Waals surface area (Å²) in [4.78, 5) is 38.8. The van der Waals surface area contributed by atoms with Crippen LogP contribution < -0.4 is 15.5 Å². The zero-order chi connectivity index (χ0) is 21.1. The van der Waals surface area contributed by atoms with Gasteiger partial charge in [-0.15, -0.1) is 0 Å². The van der Waals surface area contributed by atoms with E-state index in [9.17, 15) is 27.6 Å². The summed E-state index contributed by atoms with van der Waals surface area (Å²) in [7, 11) is 0. The lowest BCUT2D eigenvalue weighted by atomic mass is 9.90. The molecule has 1 fully saturated rings. The van der Waals surface area contributed by atoms with Gasteiger partial charge < -0.3 is 10.2 Å². The number of benzene rings is 2. The van der Waals surface area contributed by atoms with Crippen molar-refractivity contribution in [3.8, 4) is 0 Å². The molecule has 2 aromatic carbocycles. The van der Waals surface area contributed by atoms with Crippen molar-refractivity contribution in [2.45, 2.75) is 25.2 Å². The lowest BCUT2D eigenvalue weighted by Gasteiger charge is -2.22. The molecular formula is C19H13ClF3N3O3. The fourth-order valence-electron chi connectivity index (χ4n) is 3.77. The number of fused-ring (bicyclic) bond motifs is 2. The van der Waals surface area contributed by atoms with Crippen molar-refractivity contribution in [2.75, 3.05) is 4.90 Å². The third kappa shape index (κ3) is 2.84. The molecule has 1 atom stereocenters. The molecule has 2 aliphatic heterocycles. The van der Waals surface area contributed by atoms with Gasteiger partial charge in [-0.3, -0.25) is 14.9 Å². The van der Waals surface area contributed by atoms with E-state index in [2.05, 4.69) is 5.32 Å². The van der Waals surface area contributed by atoms with E-state index in [0.29, 0.717) is 11.3 Å². The minimum absolute atomic E-state index is 0.183. The van der Waals surface area contributed by atoms with Crippen molar-refractivity contribution in [1.29, 1.82) is 0 Å². The molecule has 1 spiro atoms. The lowest BCUT2D eigenvalue weighted by molar-refractivity contribution is -0.137. The number of urea groups is 1. The van der Waals surface area contributed by atoms with Gasteiger partial charge in [0, 0.05) is 10.6 Å². The Labute approximate surface area is 167 Å². The van der Waals surface area contributed by atoms with Gasteiger partial charge in [0.25, 0.3) is 11.8 Å². The number of hydrogen-bond acceptors (Lipinski definition) is 3. The van der Waals surface area contributed by atoms with Gasteiger partial charge in [-0.05, 0) is 42.3 Å². The first-order valence-corrected chi connectivity index (χ1v) is 8.84. The average molecular weight is 424 g/mol. The molecule has 2 aromatic rings. The molecule has 2 heterocycles. The molecule has 6 nitrogen and oxygen atoms in total. The Hall–Kier alpha value is -3.07. The molecule has 4 amide bonds. The highest BCUT2D eigenvalue weighted by Crippen LogP contribution is 2.46. The molecule has 0 aliphatic carbocycles. The summed E-state index contributed by atoms with van der Waals surface area (Å²) in [5, 5.41) is 4.66. The number of imide groups is 1. The number of anilines is 1. The van der Waals surface area contributed by atoms with Crippen LogP contribution in [0.5, 0.6) is 0 Å². The van der Waals surface area contributed by atoms with Gasteiger partial charge in [-0.1, -0.05) is 23.7 Å². The fourth-order valence-corrected chi connectivity index (χ4v) is 4.05. The van der Waals surface area contributed by atoms with Gasteiger partial charge in [0.15, 0.2) is 0 Å². The minimum atomic E-state index is -4.53. The normalized spacial score (nSPS) is 20.9. The van der Waals surface area contributed by atoms with E-state index in [4.69, 9.17) is 11.6 Å². The number of hydrogen-bond donors (Lipinski definition) is 2. The standard InChI is InChI=1S/C19H13ClF3N3O3/c1-9-5-12(20)7-13-14(9)26(16(28)18(13)15(27)24-17(29)25-18)8-10-3-2-4-11(6-10)19(21,22)23/h2-7H,8H2,1H3,(H2,24,25,27,29)/t18-/m0/s1. The quantitative estimate of drug-likeness (QED) is 0.575. The molecule has 10 heteroatoms. The number of halogens is 4. The van der Waals surface area contributed by atoms with Gasteiger partial charge in [0.05, 0.1) is 17.8 Å². The topological polar surface area (TPSA) is 78.5 Å². The first-order valence-electron chi connectivity index (χ1n) is 8.46. The van der Waals surface area contributed by atoms with E-state index in [1.165, 1.54) is 23.1 Å². The molecule has 29 heavy (non-hydrogen) atoms. The van der Waals surface area contributed by atoms with E-state index in [0.717, 1.165) is 12.1 Å². The molecule has 0 aromatic heterocycles. The SMILES string of the molecule is Cc1cc(Cl)cc2c1N(Cc1cccc(C(F)(F)F)c1)C(=O)[C@]21NC(=O)NC1=O.